The molecule has 1 aromatic heterocycles. The first-order valence-electron chi connectivity index (χ1n) is 20.4. The zero-order valence-electron chi connectivity index (χ0n) is 31.6. The SMILES string of the molecule is C=CC1CC1(NC(=O)C1CC2CN1C(=O)C(C1CCCCC1)NC(=O)OCCCCCCCCCc1ccc3ccnc(c3c1)O2)C(=O)NS(=O)(=O)C1CC1. The van der Waals surface area contributed by atoms with Crippen LogP contribution < -0.4 is 20.1 Å². The van der Waals surface area contributed by atoms with E-state index in [-0.39, 0.29) is 31.9 Å². The molecule has 3 heterocycles. The van der Waals surface area contributed by atoms with Crippen molar-refractivity contribution in [2.24, 2.45) is 11.8 Å². The smallest absolute Gasteiger partial charge is 0.407 e. The summed E-state index contributed by atoms with van der Waals surface area (Å²) in [6, 6.07) is 6.23. The van der Waals surface area contributed by atoms with Gasteiger partial charge in [-0.1, -0.05) is 69.6 Å². The highest BCUT2D eigenvalue weighted by molar-refractivity contribution is 7.91. The molecule has 4 amide bonds. The number of alkyl carbamates (subject to hydrolysis) is 1. The number of benzene rings is 1. The van der Waals surface area contributed by atoms with Crippen molar-refractivity contribution >= 4 is 44.6 Å². The van der Waals surface area contributed by atoms with Crippen molar-refractivity contribution in [3.8, 4) is 5.88 Å². The minimum atomic E-state index is -3.88. The summed E-state index contributed by atoms with van der Waals surface area (Å²) in [6.07, 6.45) is 15.6. The fraction of sp³-hybridized carbons (Fsp3) is 0.634. The van der Waals surface area contributed by atoms with Crippen molar-refractivity contribution in [3.63, 3.8) is 0 Å². The second-order valence-corrected chi connectivity index (χ2v) is 18.2. The Bertz CT molecular complexity index is 1880. The Morgan fingerprint density at radius 1 is 0.964 bits per heavy atom. The quantitative estimate of drug-likeness (QED) is 0.319. The maximum Gasteiger partial charge on any atom is 0.407 e. The number of ether oxygens (including phenoxy) is 2. The van der Waals surface area contributed by atoms with Crippen LogP contribution in [0.1, 0.15) is 108 Å². The summed E-state index contributed by atoms with van der Waals surface area (Å²) >= 11 is 0. The van der Waals surface area contributed by atoms with Gasteiger partial charge in [-0.2, -0.15) is 0 Å². The van der Waals surface area contributed by atoms with Crippen molar-refractivity contribution in [3.05, 3.63) is 48.7 Å². The molecule has 298 valence electrons. The molecular formula is C41H55N5O8S. The molecule has 0 radical (unpaired) electrons. The van der Waals surface area contributed by atoms with E-state index in [1.54, 1.807) is 6.20 Å². The van der Waals surface area contributed by atoms with Crippen LogP contribution in [-0.2, 0) is 35.6 Å². The summed E-state index contributed by atoms with van der Waals surface area (Å²) in [4.78, 5) is 62.1. The number of pyridine rings is 1. The fourth-order valence-electron chi connectivity index (χ4n) is 8.67. The van der Waals surface area contributed by atoms with E-state index in [1.807, 2.05) is 6.07 Å². The van der Waals surface area contributed by atoms with E-state index < -0.39 is 68.7 Å². The number of hydrogen-bond acceptors (Lipinski definition) is 9. The van der Waals surface area contributed by atoms with E-state index in [1.165, 1.54) is 16.5 Å². The summed E-state index contributed by atoms with van der Waals surface area (Å²) < 4.78 is 39.9. The number of aryl methyl sites for hydroxylation is 1. The molecule has 5 unspecified atom stereocenters. The molecule has 3 N–H and O–H groups in total. The molecule has 14 heteroatoms. The van der Waals surface area contributed by atoms with Crippen LogP contribution in [0.5, 0.6) is 5.88 Å². The zero-order chi connectivity index (χ0) is 38.6. The van der Waals surface area contributed by atoms with Crippen molar-refractivity contribution < 1.29 is 37.1 Å². The van der Waals surface area contributed by atoms with Crippen molar-refractivity contribution in [2.75, 3.05) is 13.2 Å². The second kappa shape index (κ2) is 16.9. The van der Waals surface area contributed by atoms with Gasteiger partial charge in [0, 0.05) is 23.9 Å². The van der Waals surface area contributed by atoms with Gasteiger partial charge in [0.2, 0.25) is 27.7 Å². The van der Waals surface area contributed by atoms with E-state index in [2.05, 4.69) is 45.1 Å². The van der Waals surface area contributed by atoms with Crippen LogP contribution in [-0.4, -0.2) is 84.2 Å². The highest BCUT2D eigenvalue weighted by atomic mass is 32.2. The van der Waals surface area contributed by atoms with Crippen molar-refractivity contribution in [1.29, 1.82) is 0 Å². The van der Waals surface area contributed by atoms with Gasteiger partial charge in [-0.3, -0.25) is 19.1 Å². The summed E-state index contributed by atoms with van der Waals surface area (Å²) in [5, 5.41) is 6.93. The van der Waals surface area contributed by atoms with Gasteiger partial charge in [0.25, 0.3) is 5.91 Å². The number of rotatable bonds is 7. The summed E-state index contributed by atoms with van der Waals surface area (Å²) in [6.45, 7) is 4.10. The Labute approximate surface area is 323 Å². The topological polar surface area (TPSA) is 173 Å². The van der Waals surface area contributed by atoms with Crippen LogP contribution in [0.2, 0.25) is 0 Å². The number of nitrogens with one attached hydrogen (secondary N) is 3. The molecule has 4 bridgehead atoms. The molecule has 4 fully saturated rings. The van der Waals surface area contributed by atoms with E-state index in [9.17, 15) is 27.6 Å². The third-order valence-electron chi connectivity index (χ3n) is 12.2. The van der Waals surface area contributed by atoms with Gasteiger partial charge in [-0.25, -0.2) is 18.2 Å². The third kappa shape index (κ3) is 9.10. The highest BCUT2D eigenvalue weighted by Gasteiger charge is 2.62. The second-order valence-electron chi connectivity index (χ2n) is 16.2. The molecule has 3 saturated carbocycles. The molecule has 3 aliphatic carbocycles. The van der Waals surface area contributed by atoms with Crippen molar-refractivity contribution in [1.82, 2.24) is 25.2 Å². The first kappa shape index (κ1) is 39.1. The zero-order valence-corrected chi connectivity index (χ0v) is 32.5. The van der Waals surface area contributed by atoms with Crippen LogP contribution >= 0.6 is 0 Å². The van der Waals surface area contributed by atoms with E-state index >= 15 is 0 Å². The molecule has 2 aliphatic heterocycles. The largest absolute Gasteiger partial charge is 0.472 e. The van der Waals surface area contributed by atoms with Crippen LogP contribution in [0.15, 0.2) is 43.1 Å². The molecule has 1 aromatic carbocycles. The molecule has 5 aliphatic rings. The monoisotopic (exact) mass is 777 g/mol. The third-order valence-corrected chi connectivity index (χ3v) is 14.0. The van der Waals surface area contributed by atoms with Gasteiger partial charge in [-0.15, -0.1) is 6.58 Å². The van der Waals surface area contributed by atoms with E-state index in [0.717, 1.165) is 94.2 Å². The fourth-order valence-corrected chi connectivity index (χ4v) is 10.0. The van der Waals surface area contributed by atoms with Gasteiger partial charge in [-0.05, 0) is 80.4 Å². The number of carbonyl (C=O) groups excluding carboxylic acids is 4. The number of cyclic esters (lactones) is 1. The molecule has 55 heavy (non-hydrogen) atoms. The Hall–Kier alpha value is -4.20. The van der Waals surface area contributed by atoms with E-state index in [0.29, 0.717) is 18.7 Å². The summed E-state index contributed by atoms with van der Waals surface area (Å²) in [7, 11) is -3.88. The summed E-state index contributed by atoms with van der Waals surface area (Å²) in [5.41, 5.74) is -0.335. The average Bonchev–Trinajstić information content (AvgIpc) is 4.11. The maximum atomic E-state index is 14.8. The van der Waals surface area contributed by atoms with Crippen LogP contribution in [0, 0.1) is 11.8 Å². The van der Waals surface area contributed by atoms with Gasteiger partial charge in [0.05, 0.1) is 18.4 Å². The van der Waals surface area contributed by atoms with Crippen LogP contribution in [0.4, 0.5) is 4.79 Å². The molecule has 13 nitrogen and oxygen atoms in total. The standard InChI is InChI=1S/C41H55N5O8S/c1-2-30-25-41(30,39(49)45-55(51,52)32-18-19-32)44-36(47)34-24-31-26-46(34)38(48)35(29-14-10-8-11-15-29)43-40(50)53-22-12-7-5-3-4-6-9-13-27-16-17-28-20-21-42-37(54-31)33(28)23-27/h2,16-17,20-21,23,29-32,34-35H,1,3-15,18-19,22,24-26H2,(H,43,50)(H,44,47)(H,45,49). The number of amides is 4. The molecule has 7 rings (SSSR count). The van der Waals surface area contributed by atoms with Gasteiger partial charge < -0.3 is 25.0 Å². The molecule has 2 aromatic rings. The number of carbonyl (C=O) groups is 4. The number of nitrogens with zero attached hydrogens (tertiary/aromatic N) is 2. The Balaban J connectivity index is 1.19. The highest BCUT2D eigenvalue weighted by Crippen LogP contribution is 2.45. The maximum absolute atomic E-state index is 14.8. The van der Waals surface area contributed by atoms with Gasteiger partial charge in [0.1, 0.15) is 23.7 Å². The lowest BCUT2D eigenvalue weighted by atomic mass is 9.83. The lowest BCUT2D eigenvalue weighted by molar-refractivity contribution is -0.142. The molecule has 0 spiro atoms. The van der Waals surface area contributed by atoms with E-state index in [4.69, 9.17) is 9.47 Å². The Morgan fingerprint density at radius 2 is 1.69 bits per heavy atom. The van der Waals surface area contributed by atoms with Crippen LogP contribution in [0.3, 0.4) is 0 Å². The minimum absolute atomic E-state index is 0.0365. The van der Waals surface area contributed by atoms with Crippen LogP contribution in [0.25, 0.3) is 10.8 Å². The summed E-state index contributed by atoms with van der Waals surface area (Å²) in [5.74, 6) is -2.08. The Morgan fingerprint density at radius 3 is 2.42 bits per heavy atom. The van der Waals surface area contributed by atoms with Gasteiger partial charge in [0.15, 0.2) is 0 Å². The predicted octanol–water partition coefficient (Wildman–Crippen LogP) is 5.21. The lowest BCUT2D eigenvalue weighted by Gasteiger charge is -2.34. The van der Waals surface area contributed by atoms with Crippen molar-refractivity contribution in [2.45, 2.75) is 138 Å². The number of fused-ring (bicyclic) bond motifs is 3. The molecular weight excluding hydrogens is 723 g/mol. The first-order valence-corrected chi connectivity index (χ1v) is 21.9. The minimum Gasteiger partial charge on any atom is -0.472 e. The number of hydrogen-bond donors (Lipinski definition) is 3. The average molecular weight is 778 g/mol. The molecule has 1 saturated heterocycles. The normalized spacial score (nSPS) is 28.8. The first-order chi connectivity index (χ1) is 26.6. The number of aromatic nitrogens is 1. The predicted molar refractivity (Wildman–Crippen MR) is 206 cm³/mol. The number of sulfonamides is 1. The molecule has 5 atom stereocenters. The van der Waals surface area contributed by atoms with Gasteiger partial charge >= 0.3 is 6.09 Å². The Kier molecular flexibility index (Phi) is 12.0. The lowest BCUT2D eigenvalue weighted by Crippen LogP contribution is -2.59.